The van der Waals surface area contributed by atoms with E-state index in [9.17, 15) is 27.6 Å². The second kappa shape index (κ2) is 5.80. The molecular formula is C15H17F3O7. The molecule has 0 aromatic heterocycles. The van der Waals surface area contributed by atoms with E-state index < -0.39 is 47.3 Å². The average Bonchev–Trinajstić information content (AvgIpc) is 2.92. The van der Waals surface area contributed by atoms with Crippen LogP contribution in [-0.4, -0.2) is 55.6 Å². The van der Waals surface area contributed by atoms with E-state index in [1.54, 1.807) is 0 Å². The van der Waals surface area contributed by atoms with Crippen LogP contribution in [0.5, 0.6) is 0 Å². The fraction of sp³-hybridized carbons (Fsp3) is 0.667. The Hall–Kier alpha value is -1.94. The number of esters is 2. The number of halogens is 3. The van der Waals surface area contributed by atoms with Crippen molar-refractivity contribution >= 4 is 17.7 Å². The molecule has 2 aliphatic heterocycles. The summed E-state index contributed by atoms with van der Waals surface area (Å²) in [7, 11) is 1.07. The monoisotopic (exact) mass is 366 g/mol. The largest absolute Gasteiger partial charge is 0.466 e. The molecule has 0 saturated carbocycles. The molecule has 1 fully saturated rings. The van der Waals surface area contributed by atoms with Crippen LogP contribution in [0.1, 0.15) is 20.8 Å². The first-order valence-corrected chi connectivity index (χ1v) is 7.32. The van der Waals surface area contributed by atoms with Crippen LogP contribution >= 0.6 is 0 Å². The molecule has 0 N–H and O–H groups in total. The second-order valence-electron chi connectivity index (χ2n) is 5.95. The molecule has 0 aromatic carbocycles. The Bertz CT molecular complexity index is 656. The smallest absolute Gasteiger partial charge is 0.422 e. The first-order chi connectivity index (χ1) is 11.4. The summed E-state index contributed by atoms with van der Waals surface area (Å²) in [6.45, 7) is 1.84. The van der Waals surface area contributed by atoms with Crippen molar-refractivity contribution < 1.29 is 46.5 Å². The lowest BCUT2D eigenvalue weighted by Gasteiger charge is -2.38. The third-order valence-electron chi connectivity index (χ3n) is 4.22. The van der Waals surface area contributed by atoms with E-state index in [2.05, 4.69) is 9.47 Å². The van der Waals surface area contributed by atoms with Gasteiger partial charge < -0.3 is 18.9 Å². The Balaban J connectivity index is 2.53. The Morgan fingerprint density at radius 1 is 1.28 bits per heavy atom. The highest BCUT2D eigenvalue weighted by molar-refractivity contribution is 6.15. The van der Waals surface area contributed by atoms with Crippen LogP contribution in [0, 0.1) is 5.41 Å². The minimum absolute atomic E-state index is 0.0974. The van der Waals surface area contributed by atoms with Gasteiger partial charge in [0, 0.05) is 6.61 Å². The van der Waals surface area contributed by atoms with Gasteiger partial charge in [0.05, 0.1) is 12.7 Å². The molecule has 2 bridgehead atoms. The zero-order valence-electron chi connectivity index (χ0n) is 14.0. The number of hydrogen-bond acceptors (Lipinski definition) is 7. The van der Waals surface area contributed by atoms with Crippen LogP contribution in [-0.2, 0) is 33.3 Å². The fourth-order valence-corrected chi connectivity index (χ4v) is 3.16. The van der Waals surface area contributed by atoms with E-state index >= 15 is 0 Å². The lowest BCUT2D eigenvalue weighted by atomic mass is 9.68. The summed E-state index contributed by atoms with van der Waals surface area (Å²) >= 11 is 0. The van der Waals surface area contributed by atoms with Crippen molar-refractivity contribution in [2.45, 2.75) is 38.3 Å². The standard InChI is InChI=1S/C15H17F3O7/c1-5-24-15-8(9(19)22-4)6-12(2,25-15)10(20)13(15,3)11(21)23-7-14(16,17)18/h6H,5,7H2,1-4H3/t12-,13+,15+/m0/s1. The Kier molecular flexibility index (Phi) is 4.50. The lowest BCUT2D eigenvalue weighted by Crippen LogP contribution is -2.58. The van der Waals surface area contributed by atoms with Gasteiger partial charge in [0.1, 0.15) is 5.60 Å². The van der Waals surface area contributed by atoms with Gasteiger partial charge in [-0.3, -0.25) is 9.59 Å². The predicted molar refractivity (Wildman–Crippen MR) is 74.1 cm³/mol. The summed E-state index contributed by atoms with van der Waals surface area (Å²) < 4.78 is 57.0. The summed E-state index contributed by atoms with van der Waals surface area (Å²) in [5, 5.41) is 0. The maximum absolute atomic E-state index is 12.7. The molecule has 140 valence electrons. The summed E-state index contributed by atoms with van der Waals surface area (Å²) in [6, 6.07) is 0. The SMILES string of the molecule is CCO[C@@]12O[C@@](C)(C=C1C(=O)OC)C(=O)[C@]2(C)C(=O)OCC(F)(F)F. The van der Waals surface area contributed by atoms with E-state index in [0.29, 0.717) is 0 Å². The number of fused-ring (bicyclic) bond motifs is 2. The molecule has 7 nitrogen and oxygen atoms in total. The summed E-state index contributed by atoms with van der Waals surface area (Å²) in [5.41, 5.74) is -4.31. The summed E-state index contributed by atoms with van der Waals surface area (Å²) in [4.78, 5) is 37.2. The topological polar surface area (TPSA) is 88.1 Å². The Labute approximate surface area is 141 Å². The zero-order valence-corrected chi connectivity index (χ0v) is 14.0. The summed E-state index contributed by atoms with van der Waals surface area (Å²) in [6.07, 6.45) is -3.63. The van der Waals surface area contributed by atoms with Crippen molar-refractivity contribution in [1.82, 2.24) is 0 Å². The van der Waals surface area contributed by atoms with Crippen molar-refractivity contribution in [3.8, 4) is 0 Å². The maximum atomic E-state index is 12.7. The molecule has 25 heavy (non-hydrogen) atoms. The number of carbonyl (C=O) groups excluding carboxylic acids is 3. The third kappa shape index (κ3) is 2.63. The Morgan fingerprint density at radius 2 is 1.88 bits per heavy atom. The summed E-state index contributed by atoms with van der Waals surface area (Å²) in [5.74, 6) is -5.52. The predicted octanol–water partition coefficient (Wildman–Crippen LogP) is 1.30. The first kappa shape index (κ1) is 19.4. The highest BCUT2D eigenvalue weighted by atomic mass is 19.4. The number of hydrogen-bond donors (Lipinski definition) is 0. The van der Waals surface area contributed by atoms with Crippen LogP contribution in [0.15, 0.2) is 11.6 Å². The van der Waals surface area contributed by atoms with Crippen LogP contribution in [0.25, 0.3) is 0 Å². The van der Waals surface area contributed by atoms with E-state index in [1.807, 2.05) is 0 Å². The van der Waals surface area contributed by atoms with Gasteiger partial charge in [-0.25, -0.2) is 4.79 Å². The second-order valence-corrected chi connectivity index (χ2v) is 5.95. The first-order valence-electron chi connectivity index (χ1n) is 7.32. The average molecular weight is 366 g/mol. The molecule has 2 rings (SSSR count). The van der Waals surface area contributed by atoms with Crippen molar-refractivity contribution in [2.24, 2.45) is 5.41 Å². The quantitative estimate of drug-likeness (QED) is 0.535. The molecule has 0 spiro atoms. The van der Waals surface area contributed by atoms with Gasteiger partial charge in [0.25, 0.3) is 0 Å². The van der Waals surface area contributed by atoms with Crippen LogP contribution in [0.3, 0.4) is 0 Å². The van der Waals surface area contributed by atoms with E-state index in [0.717, 1.165) is 20.1 Å². The number of ether oxygens (including phenoxy) is 4. The molecular weight excluding hydrogens is 349 g/mol. The Morgan fingerprint density at radius 3 is 2.36 bits per heavy atom. The van der Waals surface area contributed by atoms with Gasteiger partial charge in [0.2, 0.25) is 5.79 Å². The molecule has 0 radical (unpaired) electrons. The highest BCUT2D eigenvalue weighted by Crippen LogP contribution is 2.59. The highest BCUT2D eigenvalue weighted by Gasteiger charge is 2.79. The van der Waals surface area contributed by atoms with Crippen molar-refractivity contribution in [3.63, 3.8) is 0 Å². The number of Topliss-reactive ketones (excluding diaryl/α,β-unsaturated/α-hetero) is 1. The van der Waals surface area contributed by atoms with Crippen LogP contribution in [0.4, 0.5) is 13.2 Å². The van der Waals surface area contributed by atoms with Gasteiger partial charge in [-0.1, -0.05) is 0 Å². The molecule has 0 aliphatic carbocycles. The van der Waals surface area contributed by atoms with Crippen LogP contribution < -0.4 is 0 Å². The van der Waals surface area contributed by atoms with Crippen molar-refractivity contribution in [2.75, 3.05) is 20.3 Å². The van der Waals surface area contributed by atoms with Gasteiger partial charge >= 0.3 is 18.1 Å². The number of alkyl halides is 3. The maximum Gasteiger partial charge on any atom is 0.422 e. The normalized spacial score (nSPS) is 34.0. The van der Waals surface area contributed by atoms with Gasteiger partial charge in [-0.2, -0.15) is 13.2 Å². The molecule has 2 heterocycles. The molecule has 3 atom stereocenters. The van der Waals surface area contributed by atoms with Gasteiger partial charge in [0.15, 0.2) is 17.8 Å². The van der Waals surface area contributed by atoms with E-state index in [4.69, 9.17) is 9.47 Å². The number of methoxy groups -OCH3 is 1. The number of ketones is 1. The van der Waals surface area contributed by atoms with E-state index in [1.165, 1.54) is 13.8 Å². The van der Waals surface area contributed by atoms with Crippen molar-refractivity contribution in [1.29, 1.82) is 0 Å². The van der Waals surface area contributed by atoms with Gasteiger partial charge in [-0.05, 0) is 26.8 Å². The molecule has 0 amide bonds. The number of carbonyl (C=O) groups is 3. The molecule has 1 saturated heterocycles. The molecule has 2 aliphatic rings. The number of rotatable bonds is 5. The zero-order chi connectivity index (χ0) is 19.3. The lowest BCUT2D eigenvalue weighted by molar-refractivity contribution is -0.247. The molecule has 0 unspecified atom stereocenters. The minimum atomic E-state index is -4.78. The fourth-order valence-electron chi connectivity index (χ4n) is 3.16. The minimum Gasteiger partial charge on any atom is -0.466 e. The van der Waals surface area contributed by atoms with Crippen LogP contribution in [0.2, 0.25) is 0 Å². The van der Waals surface area contributed by atoms with Gasteiger partial charge in [-0.15, -0.1) is 0 Å². The van der Waals surface area contributed by atoms with E-state index in [-0.39, 0.29) is 12.2 Å². The third-order valence-corrected chi connectivity index (χ3v) is 4.22. The molecule has 0 aromatic rings. The molecule has 10 heteroatoms. The van der Waals surface area contributed by atoms with Crippen molar-refractivity contribution in [3.05, 3.63) is 11.6 Å².